The second-order valence-electron chi connectivity index (χ2n) is 5.56. The third-order valence-electron chi connectivity index (χ3n) is 3.70. The molecule has 0 unspecified atom stereocenters. The maximum Gasteiger partial charge on any atom is 0.310 e. The highest BCUT2D eigenvalue weighted by molar-refractivity contribution is 7.22. The van der Waals surface area contributed by atoms with E-state index < -0.39 is 11.9 Å². The van der Waals surface area contributed by atoms with Crippen LogP contribution in [0, 0.1) is 0 Å². The average Bonchev–Trinajstić information content (AvgIpc) is 3.08. The second kappa shape index (κ2) is 8.50. The van der Waals surface area contributed by atoms with Gasteiger partial charge in [-0.15, -0.1) is 0 Å². The lowest BCUT2D eigenvalue weighted by atomic mass is 10.1. The minimum Gasteiger partial charge on any atom is -0.493 e. The zero-order valence-electron chi connectivity index (χ0n) is 14.9. The summed E-state index contributed by atoms with van der Waals surface area (Å²) in [5.74, 6) is 0.151. The number of nitrogens with zero attached hydrogens (tertiary/aromatic N) is 1. The maximum atomic E-state index is 12.0. The van der Waals surface area contributed by atoms with Gasteiger partial charge in [0.05, 0.1) is 30.9 Å². The lowest BCUT2D eigenvalue weighted by molar-refractivity contribution is -0.146. The van der Waals surface area contributed by atoms with Gasteiger partial charge in [0.15, 0.2) is 23.2 Å². The number of hydrogen-bond donors (Lipinski definition) is 1. The van der Waals surface area contributed by atoms with E-state index in [0.29, 0.717) is 22.2 Å². The molecule has 0 atom stereocenters. The summed E-state index contributed by atoms with van der Waals surface area (Å²) in [5, 5.41) is 3.11. The third kappa shape index (κ3) is 4.73. The summed E-state index contributed by atoms with van der Waals surface area (Å²) >= 11 is 1.36. The predicted molar refractivity (Wildman–Crippen MR) is 102 cm³/mol. The number of para-hydroxylation sites is 1. The molecule has 1 amide bonds. The number of hydrogen-bond acceptors (Lipinski definition) is 7. The van der Waals surface area contributed by atoms with E-state index in [4.69, 9.17) is 14.2 Å². The quantitative estimate of drug-likeness (QED) is 0.628. The fraction of sp³-hybridized carbons (Fsp3) is 0.211. The molecular weight excluding hydrogens is 368 g/mol. The molecule has 1 heterocycles. The number of thiazole rings is 1. The highest BCUT2D eigenvalue weighted by atomic mass is 32.1. The molecule has 0 saturated carbocycles. The number of carbonyl (C=O) groups excluding carboxylic acids is 2. The molecule has 3 rings (SSSR count). The van der Waals surface area contributed by atoms with Crippen LogP contribution in [-0.2, 0) is 20.7 Å². The number of aromatic nitrogens is 1. The maximum absolute atomic E-state index is 12.0. The molecule has 1 aromatic heterocycles. The molecule has 1 N–H and O–H groups in total. The normalized spacial score (nSPS) is 10.4. The topological polar surface area (TPSA) is 86.8 Å². The van der Waals surface area contributed by atoms with Crippen molar-refractivity contribution in [2.75, 3.05) is 26.1 Å². The van der Waals surface area contributed by atoms with Crippen LogP contribution in [0.3, 0.4) is 0 Å². The van der Waals surface area contributed by atoms with Gasteiger partial charge in [0, 0.05) is 0 Å². The first-order valence-electron chi connectivity index (χ1n) is 8.11. The molecule has 0 aliphatic heterocycles. The Balaban J connectivity index is 1.51. The first-order valence-corrected chi connectivity index (χ1v) is 8.92. The molecule has 0 spiro atoms. The van der Waals surface area contributed by atoms with E-state index in [-0.39, 0.29) is 13.0 Å². The Morgan fingerprint density at radius 3 is 2.59 bits per heavy atom. The van der Waals surface area contributed by atoms with E-state index in [2.05, 4.69) is 10.3 Å². The monoisotopic (exact) mass is 386 g/mol. The number of amides is 1. The molecule has 27 heavy (non-hydrogen) atoms. The Morgan fingerprint density at radius 1 is 1.07 bits per heavy atom. The zero-order valence-corrected chi connectivity index (χ0v) is 15.7. The van der Waals surface area contributed by atoms with Crippen molar-refractivity contribution in [2.45, 2.75) is 6.42 Å². The number of anilines is 1. The molecule has 3 aromatic rings. The number of ether oxygens (including phenoxy) is 3. The van der Waals surface area contributed by atoms with Crippen LogP contribution in [0.15, 0.2) is 42.5 Å². The van der Waals surface area contributed by atoms with Gasteiger partial charge in [0.1, 0.15) is 0 Å². The van der Waals surface area contributed by atoms with Crippen molar-refractivity contribution < 1.29 is 23.8 Å². The van der Waals surface area contributed by atoms with Gasteiger partial charge in [-0.3, -0.25) is 14.9 Å². The van der Waals surface area contributed by atoms with E-state index in [1.807, 2.05) is 24.3 Å². The molecule has 0 aliphatic carbocycles. The molecule has 8 heteroatoms. The number of esters is 1. The number of rotatable bonds is 7. The van der Waals surface area contributed by atoms with Crippen LogP contribution in [0.4, 0.5) is 5.13 Å². The predicted octanol–water partition coefficient (Wildman–Crippen LogP) is 3.04. The van der Waals surface area contributed by atoms with Gasteiger partial charge in [-0.05, 0) is 29.8 Å². The van der Waals surface area contributed by atoms with Crippen LogP contribution in [0.2, 0.25) is 0 Å². The van der Waals surface area contributed by atoms with Gasteiger partial charge in [-0.2, -0.15) is 0 Å². The minimum atomic E-state index is -0.512. The van der Waals surface area contributed by atoms with Crippen LogP contribution >= 0.6 is 11.3 Å². The Bertz CT molecular complexity index is 937. The Labute approximate surface area is 159 Å². The summed E-state index contributed by atoms with van der Waals surface area (Å²) in [4.78, 5) is 28.3. The van der Waals surface area contributed by atoms with Crippen molar-refractivity contribution in [2.24, 2.45) is 0 Å². The van der Waals surface area contributed by atoms with Gasteiger partial charge in [-0.25, -0.2) is 4.98 Å². The van der Waals surface area contributed by atoms with Crippen molar-refractivity contribution in [3.05, 3.63) is 48.0 Å². The summed E-state index contributed by atoms with van der Waals surface area (Å²) in [6.45, 7) is -0.373. The van der Waals surface area contributed by atoms with Crippen LogP contribution in [0.1, 0.15) is 5.56 Å². The first-order chi connectivity index (χ1) is 13.1. The summed E-state index contributed by atoms with van der Waals surface area (Å²) < 4.78 is 16.4. The average molecular weight is 386 g/mol. The number of benzene rings is 2. The van der Waals surface area contributed by atoms with Crippen molar-refractivity contribution in [3.63, 3.8) is 0 Å². The van der Waals surface area contributed by atoms with Gasteiger partial charge >= 0.3 is 5.97 Å². The van der Waals surface area contributed by atoms with Gasteiger partial charge in [-0.1, -0.05) is 29.5 Å². The first kappa shape index (κ1) is 18.7. The van der Waals surface area contributed by atoms with Crippen LogP contribution in [-0.4, -0.2) is 37.7 Å². The fourth-order valence-electron chi connectivity index (χ4n) is 2.44. The number of carbonyl (C=O) groups is 2. The summed E-state index contributed by atoms with van der Waals surface area (Å²) in [5.41, 5.74) is 1.51. The molecule has 0 bridgehead atoms. The van der Waals surface area contributed by atoms with E-state index in [1.54, 1.807) is 18.2 Å². The van der Waals surface area contributed by atoms with Crippen molar-refractivity contribution >= 4 is 38.6 Å². The highest BCUT2D eigenvalue weighted by Gasteiger charge is 2.12. The largest absolute Gasteiger partial charge is 0.493 e. The lowest BCUT2D eigenvalue weighted by Gasteiger charge is -2.09. The standard InChI is InChI=1S/C19H18N2O5S/c1-24-14-8-7-12(9-15(14)25-2)10-18(23)26-11-17(22)21-19-20-13-5-3-4-6-16(13)27-19/h3-9H,10-11H2,1-2H3,(H,20,21,22). The minimum absolute atomic E-state index is 0.0226. The second-order valence-corrected chi connectivity index (χ2v) is 6.59. The lowest BCUT2D eigenvalue weighted by Crippen LogP contribution is -2.21. The molecule has 0 radical (unpaired) electrons. The Morgan fingerprint density at radius 2 is 1.85 bits per heavy atom. The van der Waals surface area contributed by atoms with Gasteiger partial charge in [0.25, 0.3) is 5.91 Å². The Kier molecular flexibility index (Phi) is 5.87. The van der Waals surface area contributed by atoms with Crippen molar-refractivity contribution in [1.82, 2.24) is 4.98 Å². The summed E-state index contributed by atoms with van der Waals surface area (Å²) in [6.07, 6.45) is 0.0226. The molecule has 0 aliphatic rings. The highest BCUT2D eigenvalue weighted by Crippen LogP contribution is 2.28. The molecule has 7 nitrogen and oxygen atoms in total. The van der Waals surface area contributed by atoms with Crippen LogP contribution in [0.5, 0.6) is 11.5 Å². The number of fused-ring (bicyclic) bond motifs is 1. The van der Waals surface area contributed by atoms with E-state index in [0.717, 1.165) is 10.2 Å². The smallest absolute Gasteiger partial charge is 0.310 e. The van der Waals surface area contributed by atoms with E-state index in [9.17, 15) is 9.59 Å². The van der Waals surface area contributed by atoms with Crippen molar-refractivity contribution in [3.8, 4) is 11.5 Å². The molecule has 140 valence electrons. The summed E-state index contributed by atoms with van der Waals surface area (Å²) in [6, 6.07) is 12.7. The SMILES string of the molecule is COc1ccc(CC(=O)OCC(=O)Nc2nc3ccccc3s2)cc1OC. The zero-order chi connectivity index (χ0) is 19.2. The Hall–Kier alpha value is -3.13. The summed E-state index contributed by atoms with van der Waals surface area (Å²) in [7, 11) is 3.06. The van der Waals surface area contributed by atoms with Gasteiger partial charge in [0.2, 0.25) is 0 Å². The number of nitrogens with one attached hydrogen (secondary N) is 1. The van der Waals surface area contributed by atoms with Crippen molar-refractivity contribution in [1.29, 1.82) is 0 Å². The molecule has 0 saturated heterocycles. The molecule has 2 aromatic carbocycles. The van der Waals surface area contributed by atoms with E-state index in [1.165, 1.54) is 25.6 Å². The van der Waals surface area contributed by atoms with E-state index >= 15 is 0 Å². The van der Waals surface area contributed by atoms with Gasteiger partial charge < -0.3 is 14.2 Å². The fourth-order valence-corrected chi connectivity index (χ4v) is 3.32. The molecule has 0 fully saturated rings. The molecular formula is C19H18N2O5S. The van der Waals surface area contributed by atoms with Crippen LogP contribution < -0.4 is 14.8 Å². The third-order valence-corrected chi connectivity index (χ3v) is 4.65. The number of methoxy groups -OCH3 is 2. The van der Waals surface area contributed by atoms with Crippen LogP contribution in [0.25, 0.3) is 10.2 Å².